The van der Waals surface area contributed by atoms with Crippen molar-refractivity contribution < 1.29 is 29.3 Å². The lowest BCUT2D eigenvalue weighted by molar-refractivity contribution is -0.137. The van der Waals surface area contributed by atoms with Crippen molar-refractivity contribution in [1.29, 1.82) is 0 Å². The van der Waals surface area contributed by atoms with Crippen LogP contribution < -0.4 is 0 Å². The van der Waals surface area contributed by atoms with E-state index in [0.29, 0.717) is 0 Å². The third kappa shape index (κ3) is 5.17. The van der Waals surface area contributed by atoms with Gasteiger partial charge in [-0.2, -0.15) is 0 Å². The van der Waals surface area contributed by atoms with Gasteiger partial charge in [-0.15, -0.1) is 0 Å². The van der Waals surface area contributed by atoms with Crippen LogP contribution in [0.2, 0.25) is 0 Å². The van der Waals surface area contributed by atoms with E-state index in [9.17, 15) is 19.8 Å². The predicted octanol–water partition coefficient (Wildman–Crippen LogP) is 2.33. The van der Waals surface area contributed by atoms with Crippen LogP contribution in [0.15, 0.2) is 35.8 Å². The summed E-state index contributed by atoms with van der Waals surface area (Å²) in [6.45, 7) is 6.34. The third-order valence-corrected chi connectivity index (χ3v) is 2.40. The molecule has 0 aromatic carbocycles. The van der Waals surface area contributed by atoms with Gasteiger partial charge in [-0.1, -0.05) is 12.2 Å². The van der Waals surface area contributed by atoms with Crippen LogP contribution in [-0.4, -0.2) is 34.4 Å². The monoisotopic (exact) mass is 284 g/mol. The van der Waals surface area contributed by atoms with E-state index < -0.39 is 24.1 Å². The van der Waals surface area contributed by atoms with Crippen molar-refractivity contribution in [3.8, 4) is 0 Å². The van der Waals surface area contributed by atoms with Crippen LogP contribution in [0.5, 0.6) is 0 Å². The smallest absolute Gasteiger partial charge is 0.336 e. The molecule has 20 heavy (non-hydrogen) atoms. The van der Waals surface area contributed by atoms with E-state index in [1.54, 1.807) is 26.0 Å². The predicted molar refractivity (Wildman–Crippen MR) is 73.0 cm³/mol. The van der Waals surface area contributed by atoms with Gasteiger partial charge in [0.1, 0.15) is 12.2 Å². The molecule has 0 fully saturated rings. The van der Waals surface area contributed by atoms with E-state index in [2.05, 4.69) is 0 Å². The molecule has 2 N–H and O–H groups in total. The molecular formula is C14H20O6. The van der Waals surface area contributed by atoms with Gasteiger partial charge in [-0.3, -0.25) is 0 Å². The van der Waals surface area contributed by atoms with Crippen LogP contribution >= 0.6 is 0 Å². The second-order valence-corrected chi connectivity index (χ2v) is 3.93. The minimum atomic E-state index is -1.35. The molecule has 0 radical (unpaired) electrons. The van der Waals surface area contributed by atoms with Crippen LogP contribution in [0.4, 0.5) is 0 Å². The summed E-state index contributed by atoms with van der Waals surface area (Å²) in [5.74, 6) is -2.70. The maximum atomic E-state index is 11.3. The topological polar surface area (TPSA) is 93.1 Å². The molecule has 0 aliphatic rings. The Bertz CT molecular complexity index is 393. The van der Waals surface area contributed by atoms with E-state index >= 15 is 0 Å². The summed E-state index contributed by atoms with van der Waals surface area (Å²) in [6.07, 6.45) is 3.96. The molecule has 2 atom stereocenters. The molecule has 2 unspecified atom stereocenters. The molecule has 0 spiro atoms. The second-order valence-electron chi connectivity index (χ2n) is 3.93. The minimum absolute atomic E-state index is 0.340. The van der Waals surface area contributed by atoms with Crippen molar-refractivity contribution in [2.24, 2.45) is 0 Å². The van der Waals surface area contributed by atoms with E-state index in [1.165, 1.54) is 26.4 Å². The minimum Gasteiger partial charge on any atom is -0.494 e. The van der Waals surface area contributed by atoms with Gasteiger partial charge < -0.3 is 19.7 Å². The molecule has 0 saturated heterocycles. The summed E-state index contributed by atoms with van der Waals surface area (Å²) in [5.41, 5.74) is -0.680. The lowest BCUT2D eigenvalue weighted by Gasteiger charge is -2.19. The van der Waals surface area contributed by atoms with Gasteiger partial charge in [0.25, 0.3) is 0 Å². The Hall–Kier alpha value is -2.24. The van der Waals surface area contributed by atoms with Gasteiger partial charge in [-0.25, -0.2) is 9.59 Å². The van der Waals surface area contributed by atoms with Crippen LogP contribution in [0, 0.1) is 0 Å². The fraction of sp³-hybridized carbons (Fsp3) is 0.429. The Labute approximate surface area is 118 Å². The fourth-order valence-electron chi connectivity index (χ4n) is 1.55. The molecule has 0 saturated carbocycles. The second kappa shape index (κ2) is 8.79. The number of hydrogen-bond donors (Lipinski definition) is 2. The van der Waals surface area contributed by atoms with Gasteiger partial charge in [0, 0.05) is 0 Å². The molecule has 0 aromatic heterocycles. The number of rotatable bonds is 8. The highest BCUT2D eigenvalue weighted by atomic mass is 16.5. The number of ether oxygens (including phenoxy) is 2. The van der Waals surface area contributed by atoms with Crippen molar-refractivity contribution in [1.82, 2.24) is 0 Å². The normalized spacial score (nSPS) is 15.8. The van der Waals surface area contributed by atoms with Crippen LogP contribution in [0.1, 0.15) is 27.7 Å². The lowest BCUT2D eigenvalue weighted by Crippen LogP contribution is -2.27. The van der Waals surface area contributed by atoms with Gasteiger partial charge >= 0.3 is 11.9 Å². The molecule has 6 nitrogen and oxygen atoms in total. The van der Waals surface area contributed by atoms with E-state index in [0.717, 1.165) is 0 Å². The van der Waals surface area contributed by atoms with E-state index in [1.807, 2.05) is 0 Å². The zero-order valence-corrected chi connectivity index (χ0v) is 12.0. The molecule has 0 heterocycles. The SMILES string of the molecule is CC=COC(C)C(C(=O)O)=C(C(=O)O)C(C)OC=CC. The number of aliphatic carboxylic acids is 2. The Morgan fingerprint density at radius 1 is 0.850 bits per heavy atom. The molecule has 112 valence electrons. The van der Waals surface area contributed by atoms with Gasteiger partial charge in [-0.05, 0) is 27.7 Å². The van der Waals surface area contributed by atoms with Crippen molar-refractivity contribution in [3.63, 3.8) is 0 Å². The number of carboxylic acids is 2. The summed E-state index contributed by atoms with van der Waals surface area (Å²) in [4.78, 5) is 22.7. The zero-order valence-electron chi connectivity index (χ0n) is 12.0. The van der Waals surface area contributed by atoms with Crippen molar-refractivity contribution in [3.05, 3.63) is 35.8 Å². The summed E-state index contributed by atoms with van der Waals surface area (Å²) < 4.78 is 10.3. The first-order valence-corrected chi connectivity index (χ1v) is 6.10. The molecule has 0 amide bonds. The van der Waals surface area contributed by atoms with Gasteiger partial charge in [0.05, 0.1) is 23.7 Å². The number of carboxylic acid groups (broad SMARTS) is 2. The lowest BCUT2D eigenvalue weighted by atomic mass is 9.99. The highest BCUT2D eigenvalue weighted by molar-refractivity contribution is 6.00. The number of allylic oxidation sites excluding steroid dienone is 2. The Kier molecular flexibility index (Phi) is 7.81. The first-order valence-electron chi connectivity index (χ1n) is 6.10. The van der Waals surface area contributed by atoms with Gasteiger partial charge in [0.15, 0.2) is 0 Å². The Morgan fingerprint density at radius 2 is 1.15 bits per heavy atom. The molecule has 6 heteroatoms. The molecule has 0 aromatic rings. The van der Waals surface area contributed by atoms with Gasteiger partial charge in [0.2, 0.25) is 0 Å². The first-order chi connectivity index (χ1) is 9.36. The van der Waals surface area contributed by atoms with Crippen LogP contribution in [0.3, 0.4) is 0 Å². The first kappa shape index (κ1) is 17.8. The van der Waals surface area contributed by atoms with Crippen molar-refractivity contribution in [2.45, 2.75) is 39.9 Å². The van der Waals surface area contributed by atoms with Crippen molar-refractivity contribution in [2.75, 3.05) is 0 Å². The third-order valence-electron chi connectivity index (χ3n) is 2.40. The molecule has 0 aliphatic carbocycles. The molecule has 0 bridgehead atoms. The maximum Gasteiger partial charge on any atom is 0.336 e. The number of carbonyl (C=O) groups is 2. The zero-order chi connectivity index (χ0) is 15.7. The number of hydrogen-bond acceptors (Lipinski definition) is 4. The Balaban J connectivity index is 5.66. The summed E-state index contributed by atoms with van der Waals surface area (Å²) in [7, 11) is 0. The molecular weight excluding hydrogens is 264 g/mol. The highest BCUT2D eigenvalue weighted by Gasteiger charge is 2.30. The standard InChI is InChI=1S/C14H20O6/c1-5-7-19-9(3)11(13(15)16)12(14(17)18)10(4)20-8-6-2/h5-10H,1-4H3,(H,15,16)(H,17,18). The molecule has 0 rings (SSSR count). The average molecular weight is 284 g/mol. The Morgan fingerprint density at radius 3 is 1.35 bits per heavy atom. The quantitative estimate of drug-likeness (QED) is 0.525. The summed E-state index contributed by atoms with van der Waals surface area (Å²) >= 11 is 0. The summed E-state index contributed by atoms with van der Waals surface area (Å²) in [5, 5.41) is 18.5. The highest BCUT2D eigenvalue weighted by Crippen LogP contribution is 2.19. The maximum absolute atomic E-state index is 11.3. The average Bonchev–Trinajstić information content (AvgIpc) is 2.38. The van der Waals surface area contributed by atoms with Crippen molar-refractivity contribution >= 4 is 11.9 Å². The largest absolute Gasteiger partial charge is 0.494 e. The van der Waals surface area contributed by atoms with Crippen LogP contribution in [0.25, 0.3) is 0 Å². The van der Waals surface area contributed by atoms with E-state index in [-0.39, 0.29) is 11.1 Å². The fourth-order valence-corrected chi connectivity index (χ4v) is 1.55. The summed E-state index contributed by atoms with van der Waals surface area (Å²) in [6, 6.07) is 0. The van der Waals surface area contributed by atoms with Crippen LogP contribution in [-0.2, 0) is 19.1 Å². The molecule has 0 aliphatic heterocycles. The van der Waals surface area contributed by atoms with E-state index in [4.69, 9.17) is 9.47 Å².